The zero-order valence-electron chi connectivity index (χ0n) is 59.1. The van der Waals surface area contributed by atoms with Gasteiger partial charge in [0.1, 0.15) is 0 Å². The van der Waals surface area contributed by atoms with Crippen molar-refractivity contribution in [2.24, 2.45) is 0 Å². The number of benzene rings is 10. The van der Waals surface area contributed by atoms with Gasteiger partial charge in [-0.3, -0.25) is 34.1 Å². The molecule has 0 radical (unpaired) electrons. The van der Waals surface area contributed by atoms with Gasteiger partial charge in [0.05, 0.1) is 56.5 Å². The normalized spacial score (nSPS) is 12.6. The van der Waals surface area contributed by atoms with Gasteiger partial charge in [-0.15, -0.1) is 0 Å². The first kappa shape index (κ1) is 82.9. The second-order valence-corrected chi connectivity index (χ2v) is 33.1. The first-order valence-electron chi connectivity index (χ1n) is 34.6. The highest BCUT2D eigenvalue weighted by Crippen LogP contribution is 2.34. The second kappa shape index (κ2) is 41.4. The van der Waals surface area contributed by atoms with Gasteiger partial charge in [-0.2, -0.15) is 0 Å². The smallest absolute Gasteiger partial charge is 0.276 e. The molecule has 0 unspecified atom stereocenters. The van der Waals surface area contributed by atoms with E-state index < -0.39 is 4.92 Å². The number of halogens is 7. The fourth-order valence-electron chi connectivity index (χ4n) is 12.0. The molecule has 2 aliphatic rings. The minimum Gasteiger partial charge on any atom is -0.355 e. The first-order valence-corrected chi connectivity index (χ1v) is 40.9. The fourth-order valence-corrected chi connectivity index (χ4v) is 15.4. The number of rotatable bonds is 20. The number of nitro groups is 1. The van der Waals surface area contributed by atoms with Crippen molar-refractivity contribution < 1.29 is 28.9 Å². The number of hydroxylamine groups is 1. The van der Waals surface area contributed by atoms with Crippen molar-refractivity contribution in [3.63, 3.8) is 0 Å². The van der Waals surface area contributed by atoms with Crippen LogP contribution >= 0.6 is 134 Å². The van der Waals surface area contributed by atoms with Gasteiger partial charge < -0.3 is 37.2 Å². The number of aryl methyl sites for hydroxylation is 5. The summed E-state index contributed by atoms with van der Waals surface area (Å²) in [7, 11) is 0. The highest BCUT2D eigenvalue weighted by molar-refractivity contribution is 14.1. The number of hydrogen-bond acceptors (Lipinski definition) is 11. The van der Waals surface area contributed by atoms with Crippen molar-refractivity contribution in [1.82, 2.24) is 21.4 Å². The van der Waals surface area contributed by atoms with Gasteiger partial charge in [-0.25, -0.2) is 5.48 Å². The largest absolute Gasteiger partial charge is 0.355 e. The maximum Gasteiger partial charge on any atom is 0.276 e. The summed E-state index contributed by atoms with van der Waals surface area (Å²) in [6.45, 7) is 10.9. The summed E-state index contributed by atoms with van der Waals surface area (Å²) < 4.78 is 6.38. The summed E-state index contributed by atoms with van der Waals surface area (Å²) in [6.07, 6.45) is 11.2. The van der Waals surface area contributed by atoms with E-state index in [0.29, 0.717) is 57.8 Å². The van der Waals surface area contributed by atoms with Crippen LogP contribution in [0.1, 0.15) is 145 Å². The number of carbonyl (C=O) groups is 4. The van der Waals surface area contributed by atoms with E-state index in [1.165, 1.54) is 54.1 Å². The molecule has 0 atom stereocenters. The van der Waals surface area contributed by atoms with E-state index in [0.717, 1.165) is 119 Å². The number of carbonyl (C=O) groups excluding carboxylic acids is 4. The number of amides is 4. The molecular formula is C83H82Br2ClI4N9O7. The topological polar surface area (TPSA) is 217 Å². The van der Waals surface area contributed by atoms with Gasteiger partial charge in [0.2, 0.25) is 0 Å². The lowest BCUT2D eigenvalue weighted by molar-refractivity contribution is -0.384. The molecule has 0 bridgehead atoms. The second-order valence-electron chi connectivity index (χ2n) is 25.9. The molecule has 16 nitrogen and oxygen atoms in total. The third-order valence-corrected chi connectivity index (χ3v) is 21.5. The Balaban J connectivity index is 0.000000164. The predicted molar refractivity (Wildman–Crippen MR) is 471 cm³/mol. The quantitative estimate of drug-likeness (QED) is 0.0204. The Morgan fingerprint density at radius 1 is 0.434 bits per heavy atom. The van der Waals surface area contributed by atoms with Crippen LogP contribution in [-0.4, -0.2) is 40.6 Å². The number of hydrogen-bond donors (Lipinski definition) is 8. The summed E-state index contributed by atoms with van der Waals surface area (Å²) in [5.74, 6) is -0.738. The van der Waals surface area contributed by atoms with Gasteiger partial charge in [0.15, 0.2) is 0 Å². The molecule has 2 fully saturated rings. The molecule has 10 aromatic carbocycles. The number of non-ortho nitro benzene ring substituents is 1. The monoisotopic (exact) mass is 2020 g/mol. The molecule has 0 aliphatic heterocycles. The van der Waals surface area contributed by atoms with Crippen LogP contribution in [-0.2, 0) is 18.0 Å². The van der Waals surface area contributed by atoms with E-state index in [1.807, 2.05) is 155 Å². The van der Waals surface area contributed by atoms with Crippen LogP contribution in [0, 0.1) is 59.0 Å². The number of anilines is 8. The molecule has 10 aromatic rings. The lowest BCUT2D eigenvalue weighted by Crippen LogP contribution is -2.36. The van der Waals surface area contributed by atoms with Crippen LogP contribution in [0.15, 0.2) is 209 Å². The molecule has 4 amide bonds. The zero-order valence-corrected chi connectivity index (χ0v) is 71.7. The molecule has 12 rings (SSSR count). The molecule has 8 N–H and O–H groups in total. The van der Waals surface area contributed by atoms with E-state index in [1.54, 1.807) is 24.3 Å². The van der Waals surface area contributed by atoms with Crippen LogP contribution in [0.2, 0.25) is 5.02 Å². The number of nitrogens with zero attached hydrogens (tertiary/aromatic N) is 1. The molecule has 0 saturated heterocycles. The Bertz CT molecular complexity index is 4760. The SMILES string of the molecule is Cc1cc(I)ccc1Nc1ccc(Br)cc1C(=O)NC1CCCCC1.Cc1cc(I)ccc1Nc1ccc(Br)cc1C(=O)NOCc1ccccc1.Cc1cc(I)ccc1Nc1ccc([N+](=O)[O-])cc1C(=O)NC1CCCCC1.Cc1cccc(CNC(=O)c2cc(Cl)ccc2Nc2ccc(I)cc2C)c1. The summed E-state index contributed by atoms with van der Waals surface area (Å²) in [6, 6.07) is 63.7. The molecule has 0 spiro atoms. The van der Waals surface area contributed by atoms with Crippen molar-refractivity contribution >= 4 is 209 Å². The molecule has 0 aromatic heterocycles. The van der Waals surface area contributed by atoms with E-state index in [2.05, 4.69) is 208 Å². The van der Waals surface area contributed by atoms with Crippen LogP contribution in [0.25, 0.3) is 0 Å². The van der Waals surface area contributed by atoms with Crippen LogP contribution in [0.5, 0.6) is 0 Å². The maximum absolute atomic E-state index is 12.9. The Kier molecular flexibility index (Phi) is 32.4. The van der Waals surface area contributed by atoms with Gasteiger partial charge in [-0.05, 0) is 318 Å². The molecule has 0 heterocycles. The Morgan fingerprint density at radius 2 is 0.821 bits per heavy atom. The molecule has 2 aliphatic carbocycles. The molecular weight excluding hydrogens is 1940 g/mol. The van der Waals surface area contributed by atoms with Crippen molar-refractivity contribution in [2.45, 2.75) is 124 Å². The van der Waals surface area contributed by atoms with Crippen molar-refractivity contribution in [3.05, 3.63) is 300 Å². The Hall–Kier alpha value is -7.19. The van der Waals surface area contributed by atoms with Gasteiger partial charge in [0.25, 0.3) is 29.3 Å². The van der Waals surface area contributed by atoms with Crippen LogP contribution < -0.4 is 42.7 Å². The Labute approximate surface area is 696 Å². The average molecular weight is 2020 g/mol. The lowest BCUT2D eigenvalue weighted by Gasteiger charge is -2.23. The van der Waals surface area contributed by atoms with Crippen molar-refractivity contribution in [2.75, 3.05) is 21.3 Å². The fraction of sp³-hybridized carbons (Fsp3) is 0.229. The summed E-state index contributed by atoms with van der Waals surface area (Å²) in [5, 5.41) is 34.3. The highest BCUT2D eigenvalue weighted by atomic mass is 127. The third-order valence-electron chi connectivity index (χ3n) is 17.6. The summed E-state index contributed by atoms with van der Waals surface area (Å²) in [5.41, 5.74) is 18.7. The van der Waals surface area contributed by atoms with Crippen LogP contribution in [0.3, 0.4) is 0 Å². The van der Waals surface area contributed by atoms with E-state index in [-0.39, 0.29) is 35.4 Å². The maximum atomic E-state index is 12.9. The minimum atomic E-state index is -0.475. The first-order chi connectivity index (χ1) is 50.9. The zero-order chi connectivity index (χ0) is 75.8. The summed E-state index contributed by atoms with van der Waals surface area (Å²) in [4.78, 5) is 67.2. The summed E-state index contributed by atoms with van der Waals surface area (Å²) >= 11 is 22.2. The van der Waals surface area contributed by atoms with E-state index >= 15 is 0 Å². The molecule has 550 valence electrons. The van der Waals surface area contributed by atoms with E-state index in [4.69, 9.17) is 16.4 Å². The standard InChI is InChI=1S/C22H20ClIN2O.C21H18BrIN2O2.C20H22BrIN2O.C20H22IN3O3/c1-14-4-3-5-16(10-14)13-25-22(27)19-12-17(23)6-8-21(19)26-20-9-7-18(24)11-15(20)2;1-14-11-17(23)8-10-19(14)24-20-9-7-16(22)12-18(20)21(26)25-27-13-15-5-3-2-4-6-15;1-13-11-15(22)8-10-18(13)24-19-9-7-14(21)12-17(19)20(25)23-16-5-3-2-4-6-16;1-13-11-14(21)7-9-18(13)23-19-10-8-16(24(26)27)12-17(19)20(25)22-15-5-3-2-4-6-15/h3-12,26H,13H2,1-2H3,(H,25,27);2-12,24H,13H2,1H3,(H,25,26);7-12,16,24H,2-6H2,1H3,(H,23,25);7-12,15,23H,2-6H2,1H3,(H,22,25). The van der Waals surface area contributed by atoms with Gasteiger partial charge in [-0.1, -0.05) is 142 Å². The number of nitrogens with one attached hydrogen (secondary N) is 8. The number of nitro benzene ring substituents is 1. The highest BCUT2D eigenvalue weighted by Gasteiger charge is 2.24. The minimum absolute atomic E-state index is 0.00105. The molecule has 106 heavy (non-hydrogen) atoms. The van der Waals surface area contributed by atoms with Crippen molar-refractivity contribution in [1.29, 1.82) is 0 Å². The lowest BCUT2D eigenvalue weighted by atomic mass is 9.95. The van der Waals surface area contributed by atoms with Gasteiger partial charge in [0, 0.05) is 81.8 Å². The van der Waals surface area contributed by atoms with Gasteiger partial charge >= 0.3 is 0 Å². The van der Waals surface area contributed by atoms with E-state index in [9.17, 15) is 29.3 Å². The predicted octanol–water partition coefficient (Wildman–Crippen LogP) is 23.7. The average Bonchev–Trinajstić information content (AvgIpc) is 0.826. The van der Waals surface area contributed by atoms with Crippen LogP contribution in [0.4, 0.5) is 51.2 Å². The molecule has 2 saturated carbocycles. The third kappa shape index (κ3) is 25.7. The molecule has 23 heteroatoms. The Morgan fingerprint density at radius 3 is 1.25 bits per heavy atom. The van der Waals surface area contributed by atoms with Crippen molar-refractivity contribution in [3.8, 4) is 0 Å².